The predicted octanol–water partition coefficient (Wildman–Crippen LogP) is 3.32. The number of ether oxygens (including phenoxy) is 2. The molecule has 6 heterocycles. The first kappa shape index (κ1) is 23.0. The van der Waals surface area contributed by atoms with Gasteiger partial charge in [-0.05, 0) is 43.9 Å². The molecule has 2 N–H and O–H groups in total. The van der Waals surface area contributed by atoms with Gasteiger partial charge in [0, 0.05) is 44.1 Å². The number of pyridine rings is 2. The molecule has 10 nitrogen and oxygen atoms in total. The van der Waals surface area contributed by atoms with Gasteiger partial charge in [-0.1, -0.05) is 11.3 Å². The lowest BCUT2D eigenvalue weighted by molar-refractivity contribution is -0.113. The summed E-state index contributed by atoms with van der Waals surface area (Å²) in [7, 11) is 0. The molecular formula is C25H29N7O3S. The summed E-state index contributed by atoms with van der Waals surface area (Å²) in [5.41, 5.74) is 3.72. The molecule has 3 aliphatic heterocycles. The van der Waals surface area contributed by atoms with E-state index in [4.69, 9.17) is 19.4 Å². The van der Waals surface area contributed by atoms with Gasteiger partial charge in [0.1, 0.15) is 12.0 Å². The van der Waals surface area contributed by atoms with E-state index in [0.717, 1.165) is 71.4 Å². The summed E-state index contributed by atoms with van der Waals surface area (Å²) in [6.45, 7) is 6.84. The van der Waals surface area contributed by atoms with Crippen molar-refractivity contribution >= 4 is 44.2 Å². The molecule has 3 aromatic heterocycles. The van der Waals surface area contributed by atoms with Gasteiger partial charge in [0.15, 0.2) is 22.8 Å². The highest BCUT2D eigenvalue weighted by atomic mass is 32.1. The van der Waals surface area contributed by atoms with Crippen LogP contribution in [0.15, 0.2) is 36.5 Å². The number of nitrogens with zero attached hydrogens (tertiary/aromatic N) is 5. The second kappa shape index (κ2) is 9.90. The number of aromatic nitrogens is 3. The molecule has 3 aliphatic rings. The SMILES string of the molecule is Cc1cnccc1C1NC(C(=O)Nc2cc3sc(N4CCOCC4)nc3nc2N2CCCCC2)=CO1. The fraction of sp³-hybridized carbons (Fsp3) is 0.440. The van der Waals surface area contributed by atoms with Crippen LogP contribution >= 0.6 is 11.3 Å². The molecule has 0 spiro atoms. The van der Waals surface area contributed by atoms with Gasteiger partial charge in [-0.15, -0.1) is 0 Å². The van der Waals surface area contributed by atoms with Crippen LogP contribution in [-0.4, -0.2) is 60.3 Å². The minimum absolute atomic E-state index is 0.262. The third kappa shape index (κ3) is 4.56. The van der Waals surface area contributed by atoms with E-state index in [1.165, 1.54) is 12.7 Å². The van der Waals surface area contributed by atoms with Crippen LogP contribution in [0.3, 0.4) is 0 Å². The summed E-state index contributed by atoms with van der Waals surface area (Å²) in [6, 6.07) is 3.90. The number of hydrogen-bond acceptors (Lipinski definition) is 10. The third-order valence-corrected chi connectivity index (χ3v) is 7.79. The first-order valence-electron chi connectivity index (χ1n) is 12.4. The number of nitrogens with one attached hydrogen (secondary N) is 2. The van der Waals surface area contributed by atoms with Crippen molar-refractivity contribution in [2.45, 2.75) is 32.4 Å². The van der Waals surface area contributed by atoms with E-state index < -0.39 is 6.23 Å². The van der Waals surface area contributed by atoms with Crippen LogP contribution in [0.1, 0.15) is 36.6 Å². The van der Waals surface area contributed by atoms with Gasteiger partial charge in [0.25, 0.3) is 5.91 Å². The van der Waals surface area contributed by atoms with E-state index in [2.05, 4.69) is 25.4 Å². The monoisotopic (exact) mass is 507 g/mol. The molecule has 0 aromatic carbocycles. The zero-order valence-corrected chi connectivity index (χ0v) is 21.0. The smallest absolute Gasteiger partial charge is 0.275 e. The number of thiazole rings is 1. The first-order chi connectivity index (χ1) is 17.7. The Bertz CT molecular complexity index is 1300. The first-order valence-corrected chi connectivity index (χ1v) is 13.2. The Morgan fingerprint density at radius 1 is 1.14 bits per heavy atom. The zero-order chi connectivity index (χ0) is 24.5. The van der Waals surface area contributed by atoms with Crippen molar-refractivity contribution in [1.29, 1.82) is 0 Å². The Labute approximate surface area is 213 Å². The van der Waals surface area contributed by atoms with Crippen LogP contribution < -0.4 is 20.4 Å². The maximum absolute atomic E-state index is 13.3. The molecule has 3 aromatic rings. The van der Waals surface area contributed by atoms with Crippen molar-refractivity contribution in [3.05, 3.63) is 47.6 Å². The van der Waals surface area contributed by atoms with Crippen molar-refractivity contribution < 1.29 is 14.3 Å². The van der Waals surface area contributed by atoms with Crippen molar-refractivity contribution in [2.75, 3.05) is 54.5 Å². The van der Waals surface area contributed by atoms with Crippen LogP contribution in [0.5, 0.6) is 0 Å². The number of fused-ring (bicyclic) bond motifs is 1. The van der Waals surface area contributed by atoms with E-state index in [-0.39, 0.29) is 5.91 Å². The van der Waals surface area contributed by atoms with Crippen LogP contribution in [0.2, 0.25) is 0 Å². The number of aryl methyl sites for hydroxylation is 1. The Morgan fingerprint density at radius 2 is 1.97 bits per heavy atom. The number of morpholine rings is 1. The van der Waals surface area contributed by atoms with E-state index in [1.807, 2.05) is 19.1 Å². The third-order valence-electron chi connectivity index (χ3n) is 6.74. The maximum Gasteiger partial charge on any atom is 0.275 e. The molecule has 1 unspecified atom stereocenters. The number of hydrogen-bond donors (Lipinski definition) is 2. The van der Waals surface area contributed by atoms with Crippen LogP contribution in [-0.2, 0) is 14.3 Å². The molecule has 2 saturated heterocycles. The molecule has 0 saturated carbocycles. The minimum Gasteiger partial charge on any atom is -0.472 e. The van der Waals surface area contributed by atoms with Crippen molar-refractivity contribution in [1.82, 2.24) is 20.3 Å². The fourth-order valence-corrected chi connectivity index (χ4v) is 5.75. The van der Waals surface area contributed by atoms with Crippen molar-refractivity contribution in [3.63, 3.8) is 0 Å². The van der Waals surface area contributed by atoms with Crippen molar-refractivity contribution in [2.24, 2.45) is 0 Å². The van der Waals surface area contributed by atoms with Crippen LogP contribution in [0.25, 0.3) is 10.3 Å². The Hall–Kier alpha value is -3.44. The molecule has 0 radical (unpaired) electrons. The molecule has 1 amide bonds. The van der Waals surface area contributed by atoms with Gasteiger partial charge in [0.2, 0.25) is 0 Å². The quantitative estimate of drug-likeness (QED) is 0.538. The standard InChI is InChI=1S/C25H29N7O3S/c1-16-14-26-6-5-17(16)24-28-19(15-35-24)23(33)27-18-13-20-21(29-22(18)31-7-3-2-4-8-31)30-25(36-20)32-9-11-34-12-10-32/h5-6,13-15,24,28H,2-4,7-12H2,1H3,(H,27,33). The van der Waals surface area contributed by atoms with E-state index in [1.54, 1.807) is 23.7 Å². The highest BCUT2D eigenvalue weighted by Crippen LogP contribution is 2.36. The average molecular weight is 508 g/mol. The number of carbonyl (C=O) groups is 1. The van der Waals surface area contributed by atoms with Gasteiger partial charge in [-0.3, -0.25) is 9.78 Å². The fourth-order valence-electron chi connectivity index (χ4n) is 4.75. The van der Waals surface area contributed by atoms with Gasteiger partial charge >= 0.3 is 0 Å². The molecule has 0 aliphatic carbocycles. The maximum atomic E-state index is 13.3. The van der Waals surface area contributed by atoms with E-state index in [9.17, 15) is 4.79 Å². The molecule has 11 heteroatoms. The molecular weight excluding hydrogens is 478 g/mol. The van der Waals surface area contributed by atoms with E-state index in [0.29, 0.717) is 24.6 Å². The molecule has 0 bridgehead atoms. The predicted molar refractivity (Wildman–Crippen MR) is 139 cm³/mol. The second-order valence-corrected chi connectivity index (χ2v) is 10.2. The zero-order valence-electron chi connectivity index (χ0n) is 20.2. The summed E-state index contributed by atoms with van der Waals surface area (Å²) in [6.07, 6.45) is 7.99. The highest BCUT2D eigenvalue weighted by molar-refractivity contribution is 7.22. The summed E-state index contributed by atoms with van der Waals surface area (Å²) < 4.78 is 12.2. The number of amides is 1. The highest BCUT2D eigenvalue weighted by Gasteiger charge is 2.27. The topological polar surface area (TPSA) is 105 Å². The Morgan fingerprint density at radius 3 is 2.78 bits per heavy atom. The molecule has 1 atom stereocenters. The number of rotatable bonds is 5. The largest absolute Gasteiger partial charge is 0.472 e. The van der Waals surface area contributed by atoms with Crippen LogP contribution in [0, 0.1) is 6.92 Å². The molecule has 36 heavy (non-hydrogen) atoms. The molecule has 6 rings (SSSR count). The molecule has 2 fully saturated rings. The van der Waals surface area contributed by atoms with Crippen LogP contribution in [0.4, 0.5) is 16.6 Å². The lowest BCUT2D eigenvalue weighted by atomic mass is 10.1. The van der Waals surface area contributed by atoms with Gasteiger partial charge in [-0.25, -0.2) is 4.98 Å². The number of piperidine rings is 1. The second-order valence-electron chi connectivity index (χ2n) is 9.20. The Kier molecular flexibility index (Phi) is 6.32. The normalized spacial score (nSPS) is 20.1. The number of carbonyl (C=O) groups excluding carboxylic acids is 1. The average Bonchev–Trinajstić information content (AvgIpc) is 3.57. The summed E-state index contributed by atoms with van der Waals surface area (Å²) >= 11 is 1.60. The lowest BCUT2D eigenvalue weighted by Crippen LogP contribution is -2.36. The summed E-state index contributed by atoms with van der Waals surface area (Å²) in [5, 5.41) is 7.23. The van der Waals surface area contributed by atoms with Gasteiger partial charge in [-0.2, -0.15) is 4.98 Å². The van der Waals surface area contributed by atoms with Crippen molar-refractivity contribution in [3.8, 4) is 0 Å². The van der Waals surface area contributed by atoms with Gasteiger partial charge < -0.3 is 29.9 Å². The number of anilines is 3. The molecule has 188 valence electrons. The minimum atomic E-state index is -0.423. The summed E-state index contributed by atoms with van der Waals surface area (Å²) in [5.74, 6) is 0.511. The summed E-state index contributed by atoms with van der Waals surface area (Å²) in [4.78, 5) is 31.7. The Balaban J connectivity index is 1.26. The lowest BCUT2D eigenvalue weighted by Gasteiger charge is -2.29. The van der Waals surface area contributed by atoms with Gasteiger partial charge in [0.05, 0.1) is 23.6 Å². The van der Waals surface area contributed by atoms with E-state index >= 15 is 0 Å².